The fourth-order valence-corrected chi connectivity index (χ4v) is 3.21. The predicted octanol–water partition coefficient (Wildman–Crippen LogP) is 3.84. The minimum absolute atomic E-state index is 0.984. The summed E-state index contributed by atoms with van der Waals surface area (Å²) >= 11 is 0. The Morgan fingerprint density at radius 2 is 1.95 bits per heavy atom. The normalized spacial score (nSPS) is 13.9. The first-order chi connectivity index (χ1) is 9.70. The molecule has 1 aromatic carbocycles. The van der Waals surface area contributed by atoms with Crippen molar-refractivity contribution in [2.75, 3.05) is 6.54 Å². The molecule has 0 saturated heterocycles. The Hall–Kier alpha value is -1.41. The molecule has 0 bridgehead atoms. The molecule has 0 radical (unpaired) electrons. The van der Waals surface area contributed by atoms with Crippen LogP contribution in [0.3, 0.4) is 0 Å². The van der Waals surface area contributed by atoms with E-state index in [0.29, 0.717) is 0 Å². The molecule has 1 N–H and O–H groups in total. The maximum Gasteiger partial charge on any atom is 0.0711 e. The molecule has 0 atom stereocenters. The van der Waals surface area contributed by atoms with E-state index in [-0.39, 0.29) is 0 Å². The lowest BCUT2D eigenvalue weighted by Gasteiger charge is -2.14. The van der Waals surface area contributed by atoms with Crippen LogP contribution in [0.25, 0.3) is 10.9 Å². The average Bonchev–Trinajstić information content (AvgIpc) is 2.88. The van der Waals surface area contributed by atoms with Crippen molar-refractivity contribution < 1.29 is 0 Å². The van der Waals surface area contributed by atoms with Gasteiger partial charge < -0.3 is 5.32 Å². The van der Waals surface area contributed by atoms with Crippen LogP contribution in [0.2, 0.25) is 0 Å². The number of nitrogens with zero attached hydrogens (tertiary/aromatic N) is 1. The predicted molar refractivity (Wildman–Crippen MR) is 85.2 cm³/mol. The third-order valence-electron chi connectivity index (χ3n) is 4.47. The molecule has 106 valence electrons. The summed E-state index contributed by atoms with van der Waals surface area (Å²) in [7, 11) is 0. The van der Waals surface area contributed by atoms with Crippen molar-refractivity contribution in [2.24, 2.45) is 0 Å². The summed E-state index contributed by atoms with van der Waals surface area (Å²) in [5.74, 6) is 0. The first-order valence-corrected chi connectivity index (χ1v) is 7.83. The largest absolute Gasteiger partial charge is 0.313 e. The van der Waals surface area contributed by atoms with Crippen LogP contribution in [-0.2, 0) is 19.4 Å². The van der Waals surface area contributed by atoms with E-state index in [1.165, 1.54) is 58.1 Å². The van der Waals surface area contributed by atoms with Gasteiger partial charge in [-0.15, -0.1) is 0 Å². The second-order valence-corrected chi connectivity index (χ2v) is 6.00. The standard InChI is InChI=1S/C18H24N2/c1-4-8-19-11-16-14-6-5-7-17(14)20-18-10-13(3)12(2)9-15(16)18/h9-10,19H,4-8,11H2,1-3H3. The highest BCUT2D eigenvalue weighted by Gasteiger charge is 2.19. The number of pyridine rings is 1. The van der Waals surface area contributed by atoms with Gasteiger partial charge in [0.05, 0.1) is 5.52 Å². The van der Waals surface area contributed by atoms with Crippen LogP contribution in [0.1, 0.15) is 47.7 Å². The van der Waals surface area contributed by atoms with Gasteiger partial charge >= 0.3 is 0 Å². The number of hydrogen-bond donors (Lipinski definition) is 1. The van der Waals surface area contributed by atoms with E-state index in [4.69, 9.17) is 4.98 Å². The van der Waals surface area contributed by atoms with Gasteiger partial charge in [0.2, 0.25) is 0 Å². The number of aromatic nitrogens is 1. The molecule has 2 heteroatoms. The van der Waals surface area contributed by atoms with Crippen LogP contribution < -0.4 is 5.32 Å². The van der Waals surface area contributed by atoms with Gasteiger partial charge in [-0.2, -0.15) is 0 Å². The molecule has 2 nitrogen and oxygen atoms in total. The number of aryl methyl sites for hydroxylation is 3. The summed E-state index contributed by atoms with van der Waals surface area (Å²) in [6, 6.07) is 4.59. The molecule has 2 aromatic rings. The van der Waals surface area contributed by atoms with Gasteiger partial charge in [-0.3, -0.25) is 4.98 Å². The van der Waals surface area contributed by atoms with E-state index in [1.807, 2.05) is 0 Å². The van der Waals surface area contributed by atoms with E-state index in [1.54, 1.807) is 0 Å². The summed E-state index contributed by atoms with van der Waals surface area (Å²) in [6.07, 6.45) is 4.80. The maximum atomic E-state index is 4.92. The average molecular weight is 268 g/mol. The van der Waals surface area contributed by atoms with Crippen molar-refractivity contribution in [1.82, 2.24) is 10.3 Å². The highest BCUT2D eigenvalue weighted by atomic mass is 14.8. The lowest BCUT2D eigenvalue weighted by Crippen LogP contribution is -2.16. The van der Waals surface area contributed by atoms with Crippen molar-refractivity contribution in [1.29, 1.82) is 0 Å². The maximum absolute atomic E-state index is 4.92. The van der Waals surface area contributed by atoms with Crippen LogP contribution in [-0.4, -0.2) is 11.5 Å². The molecule has 0 aliphatic heterocycles. The quantitative estimate of drug-likeness (QED) is 0.852. The smallest absolute Gasteiger partial charge is 0.0711 e. The Labute approximate surface area is 121 Å². The molecule has 0 spiro atoms. The van der Waals surface area contributed by atoms with Gasteiger partial charge in [-0.05, 0) is 80.5 Å². The zero-order valence-electron chi connectivity index (χ0n) is 12.8. The minimum Gasteiger partial charge on any atom is -0.313 e. The van der Waals surface area contributed by atoms with Gasteiger partial charge in [-0.1, -0.05) is 6.92 Å². The molecule has 0 amide bonds. The van der Waals surface area contributed by atoms with Gasteiger partial charge in [0.25, 0.3) is 0 Å². The summed E-state index contributed by atoms with van der Waals surface area (Å²) in [5, 5.41) is 4.94. The molecule has 3 rings (SSSR count). The fourth-order valence-electron chi connectivity index (χ4n) is 3.21. The van der Waals surface area contributed by atoms with Crippen molar-refractivity contribution in [2.45, 2.75) is 53.0 Å². The second kappa shape index (κ2) is 5.53. The molecule has 1 aliphatic carbocycles. The summed E-state index contributed by atoms with van der Waals surface area (Å²) in [6.45, 7) is 8.67. The number of fused-ring (bicyclic) bond motifs is 2. The first kappa shape index (κ1) is 13.6. The molecular weight excluding hydrogens is 244 g/mol. The third kappa shape index (κ3) is 2.33. The van der Waals surface area contributed by atoms with Crippen LogP contribution >= 0.6 is 0 Å². The lowest BCUT2D eigenvalue weighted by molar-refractivity contribution is 0.674. The second-order valence-electron chi connectivity index (χ2n) is 6.00. The highest BCUT2D eigenvalue weighted by Crippen LogP contribution is 2.31. The monoisotopic (exact) mass is 268 g/mol. The Morgan fingerprint density at radius 3 is 2.75 bits per heavy atom. The summed E-state index contributed by atoms with van der Waals surface area (Å²) < 4.78 is 0. The number of hydrogen-bond acceptors (Lipinski definition) is 2. The van der Waals surface area contributed by atoms with E-state index in [2.05, 4.69) is 38.2 Å². The molecule has 0 fully saturated rings. The highest BCUT2D eigenvalue weighted by molar-refractivity contribution is 5.85. The summed E-state index contributed by atoms with van der Waals surface area (Å²) in [5.41, 5.74) is 8.25. The molecule has 1 aromatic heterocycles. The van der Waals surface area contributed by atoms with Crippen molar-refractivity contribution in [3.8, 4) is 0 Å². The zero-order valence-corrected chi connectivity index (χ0v) is 12.8. The number of nitrogens with one attached hydrogen (secondary N) is 1. The minimum atomic E-state index is 0.984. The van der Waals surface area contributed by atoms with Crippen LogP contribution in [0.5, 0.6) is 0 Å². The Morgan fingerprint density at radius 1 is 1.15 bits per heavy atom. The van der Waals surface area contributed by atoms with Crippen molar-refractivity contribution >= 4 is 10.9 Å². The van der Waals surface area contributed by atoms with Crippen LogP contribution in [0.4, 0.5) is 0 Å². The van der Waals surface area contributed by atoms with Gasteiger partial charge in [0.1, 0.15) is 0 Å². The lowest BCUT2D eigenvalue weighted by atomic mass is 9.97. The molecule has 0 saturated carbocycles. The van der Waals surface area contributed by atoms with Crippen molar-refractivity contribution in [3.05, 3.63) is 40.1 Å². The molecule has 1 aliphatic rings. The van der Waals surface area contributed by atoms with Gasteiger partial charge in [0.15, 0.2) is 0 Å². The summed E-state index contributed by atoms with van der Waals surface area (Å²) in [4.78, 5) is 4.92. The van der Waals surface area contributed by atoms with E-state index >= 15 is 0 Å². The molecule has 20 heavy (non-hydrogen) atoms. The molecule has 1 heterocycles. The zero-order chi connectivity index (χ0) is 14.1. The Bertz CT molecular complexity index is 644. The van der Waals surface area contributed by atoms with E-state index in [0.717, 1.165) is 19.5 Å². The fraction of sp³-hybridized carbons (Fsp3) is 0.500. The Balaban J connectivity index is 2.14. The Kier molecular flexibility index (Phi) is 3.75. The van der Waals surface area contributed by atoms with Crippen molar-refractivity contribution in [3.63, 3.8) is 0 Å². The number of benzene rings is 1. The van der Waals surface area contributed by atoms with E-state index in [9.17, 15) is 0 Å². The third-order valence-corrected chi connectivity index (χ3v) is 4.47. The topological polar surface area (TPSA) is 24.9 Å². The van der Waals surface area contributed by atoms with Crippen LogP contribution in [0, 0.1) is 13.8 Å². The SMILES string of the molecule is CCCNCc1c2c(nc3cc(C)c(C)cc13)CCC2. The van der Waals surface area contributed by atoms with Crippen LogP contribution in [0.15, 0.2) is 12.1 Å². The number of rotatable bonds is 4. The molecular formula is C18H24N2. The van der Waals surface area contributed by atoms with Gasteiger partial charge in [0, 0.05) is 17.6 Å². The first-order valence-electron chi connectivity index (χ1n) is 7.83. The molecule has 0 unspecified atom stereocenters. The van der Waals surface area contributed by atoms with E-state index < -0.39 is 0 Å². The van der Waals surface area contributed by atoms with Gasteiger partial charge in [-0.25, -0.2) is 0 Å².